The molecule has 29 heavy (non-hydrogen) atoms. The van der Waals surface area contributed by atoms with Crippen molar-refractivity contribution in [2.24, 2.45) is 5.92 Å². The maximum absolute atomic E-state index is 13.1. The number of ketones is 1. The Balaban J connectivity index is 1.42. The number of hydrogen-bond donors (Lipinski definition) is 1. The Morgan fingerprint density at radius 1 is 1.14 bits per heavy atom. The molecule has 3 saturated heterocycles. The van der Waals surface area contributed by atoms with Crippen molar-refractivity contribution in [3.8, 4) is 5.75 Å². The Labute approximate surface area is 171 Å². The molecule has 0 aromatic heterocycles. The number of quaternary nitrogens is 1. The van der Waals surface area contributed by atoms with Crippen LogP contribution in [-0.2, 0) is 5.60 Å². The molecule has 154 valence electrons. The molecule has 2 aromatic carbocycles. The van der Waals surface area contributed by atoms with Gasteiger partial charge in [0.1, 0.15) is 23.7 Å². The van der Waals surface area contributed by atoms with E-state index in [1.54, 1.807) is 19.2 Å². The number of piperidine rings is 3. The number of methoxy groups -OCH3 is 1. The van der Waals surface area contributed by atoms with E-state index in [2.05, 4.69) is 0 Å². The minimum atomic E-state index is -0.816. The number of aliphatic hydroxyl groups is 1. The molecule has 5 rings (SSSR count). The second-order valence-electron chi connectivity index (χ2n) is 8.63. The van der Waals surface area contributed by atoms with Gasteiger partial charge in [0.25, 0.3) is 0 Å². The lowest BCUT2D eigenvalue weighted by Crippen LogP contribution is -2.67. The first kappa shape index (κ1) is 20.0. The van der Waals surface area contributed by atoms with Crippen LogP contribution in [0.4, 0.5) is 4.39 Å². The van der Waals surface area contributed by atoms with Crippen molar-refractivity contribution in [2.45, 2.75) is 31.3 Å². The summed E-state index contributed by atoms with van der Waals surface area (Å²) in [7, 11) is 1.64. The van der Waals surface area contributed by atoms with E-state index in [0.29, 0.717) is 18.5 Å². The van der Waals surface area contributed by atoms with E-state index >= 15 is 0 Å². The number of nitrogens with zero attached hydrogens (tertiary/aromatic N) is 1. The van der Waals surface area contributed by atoms with Crippen molar-refractivity contribution in [3.05, 3.63) is 65.5 Å². The Morgan fingerprint density at radius 2 is 1.79 bits per heavy atom. The van der Waals surface area contributed by atoms with Gasteiger partial charge >= 0.3 is 0 Å². The van der Waals surface area contributed by atoms with E-state index in [-0.39, 0.29) is 17.5 Å². The van der Waals surface area contributed by atoms with Gasteiger partial charge in [-0.25, -0.2) is 4.39 Å². The lowest BCUT2D eigenvalue weighted by atomic mass is 9.70. The Hall–Kier alpha value is -2.24. The summed E-state index contributed by atoms with van der Waals surface area (Å²) in [4.78, 5) is 12.4. The third-order valence-corrected chi connectivity index (χ3v) is 6.95. The molecule has 0 aliphatic carbocycles. The lowest BCUT2D eigenvalue weighted by Gasteiger charge is -2.56. The van der Waals surface area contributed by atoms with Crippen molar-refractivity contribution in [1.29, 1.82) is 0 Å². The van der Waals surface area contributed by atoms with Crippen LogP contribution in [0.15, 0.2) is 48.5 Å². The fraction of sp³-hybridized carbons (Fsp3) is 0.458. The lowest BCUT2D eigenvalue weighted by molar-refractivity contribution is -0.952. The fourth-order valence-electron chi connectivity index (χ4n) is 5.26. The zero-order chi connectivity index (χ0) is 20.5. The van der Waals surface area contributed by atoms with Gasteiger partial charge in [-0.2, -0.15) is 0 Å². The smallest absolute Gasteiger partial charge is 0.163 e. The molecule has 0 spiro atoms. The molecule has 1 atom stereocenters. The normalized spacial score (nSPS) is 28.3. The van der Waals surface area contributed by atoms with Gasteiger partial charge in [-0.3, -0.25) is 4.79 Å². The Bertz CT molecular complexity index is 857. The molecule has 5 heteroatoms. The SMILES string of the molecule is COc1ccc(C2(O)C[N+]3(CCCC(=O)c4ccc(F)cc4)CCC2CC3)cc1. The number of halogens is 1. The van der Waals surface area contributed by atoms with Crippen LogP contribution >= 0.6 is 0 Å². The number of carbonyl (C=O) groups is 1. The molecule has 3 aliphatic rings. The monoisotopic (exact) mass is 398 g/mol. The molecule has 4 nitrogen and oxygen atoms in total. The predicted octanol–water partition coefficient (Wildman–Crippen LogP) is 3.93. The molecule has 0 saturated carbocycles. The first-order valence-electron chi connectivity index (χ1n) is 10.4. The molecule has 1 unspecified atom stereocenters. The maximum Gasteiger partial charge on any atom is 0.163 e. The highest BCUT2D eigenvalue weighted by Crippen LogP contribution is 2.46. The first-order valence-corrected chi connectivity index (χ1v) is 10.4. The summed E-state index contributed by atoms with van der Waals surface area (Å²) in [5.74, 6) is 0.813. The minimum Gasteiger partial charge on any atom is -0.497 e. The topological polar surface area (TPSA) is 46.5 Å². The molecule has 3 heterocycles. The highest BCUT2D eigenvalue weighted by Gasteiger charge is 2.54. The minimum absolute atomic E-state index is 0.0560. The molecule has 0 amide bonds. The van der Waals surface area contributed by atoms with E-state index in [1.165, 1.54) is 12.1 Å². The van der Waals surface area contributed by atoms with Crippen molar-refractivity contribution >= 4 is 5.78 Å². The van der Waals surface area contributed by atoms with Crippen LogP contribution in [0.2, 0.25) is 0 Å². The summed E-state index contributed by atoms with van der Waals surface area (Å²) in [5, 5.41) is 11.6. The number of Topliss-reactive ketones (excluding diaryl/α,β-unsaturated/α-hetero) is 1. The molecule has 0 radical (unpaired) electrons. The van der Waals surface area contributed by atoms with Crippen LogP contribution in [0.3, 0.4) is 0 Å². The van der Waals surface area contributed by atoms with Gasteiger partial charge < -0.3 is 14.3 Å². The number of carbonyl (C=O) groups excluding carboxylic acids is 1. The maximum atomic E-state index is 13.1. The van der Waals surface area contributed by atoms with Gasteiger partial charge in [-0.05, 0) is 42.0 Å². The highest BCUT2D eigenvalue weighted by atomic mass is 19.1. The molecule has 2 bridgehead atoms. The van der Waals surface area contributed by atoms with Crippen LogP contribution in [-0.4, -0.2) is 48.7 Å². The van der Waals surface area contributed by atoms with Crippen LogP contribution in [0.5, 0.6) is 5.75 Å². The number of benzene rings is 2. The third-order valence-electron chi connectivity index (χ3n) is 6.95. The molecule has 2 aromatic rings. The fourth-order valence-corrected chi connectivity index (χ4v) is 5.26. The second-order valence-corrected chi connectivity index (χ2v) is 8.63. The Kier molecular flexibility index (Phi) is 5.45. The zero-order valence-corrected chi connectivity index (χ0v) is 16.9. The predicted molar refractivity (Wildman–Crippen MR) is 109 cm³/mol. The summed E-state index contributed by atoms with van der Waals surface area (Å²) in [5.41, 5.74) is 0.718. The van der Waals surface area contributed by atoms with Gasteiger partial charge in [0.05, 0.1) is 26.7 Å². The van der Waals surface area contributed by atoms with Crippen molar-refractivity contribution in [2.75, 3.05) is 33.3 Å². The number of fused-ring (bicyclic) bond motifs is 3. The largest absolute Gasteiger partial charge is 0.497 e. The zero-order valence-electron chi connectivity index (χ0n) is 16.9. The molecule has 3 aliphatic heterocycles. The van der Waals surface area contributed by atoms with Crippen LogP contribution in [0.25, 0.3) is 0 Å². The van der Waals surface area contributed by atoms with E-state index < -0.39 is 5.60 Å². The average Bonchev–Trinajstić information content (AvgIpc) is 2.74. The molecular formula is C24H29FNO3+. The third kappa shape index (κ3) is 3.94. The van der Waals surface area contributed by atoms with Crippen molar-refractivity contribution in [1.82, 2.24) is 0 Å². The van der Waals surface area contributed by atoms with E-state index in [9.17, 15) is 14.3 Å². The van der Waals surface area contributed by atoms with Gasteiger partial charge in [-0.15, -0.1) is 0 Å². The summed E-state index contributed by atoms with van der Waals surface area (Å²) in [6, 6.07) is 13.6. The van der Waals surface area contributed by atoms with Crippen LogP contribution in [0.1, 0.15) is 41.6 Å². The van der Waals surface area contributed by atoms with Gasteiger partial charge in [0.15, 0.2) is 5.78 Å². The summed E-state index contributed by atoms with van der Waals surface area (Å²) in [6.45, 7) is 3.72. The molecule has 1 N–H and O–H groups in total. The van der Waals surface area contributed by atoms with E-state index in [1.807, 2.05) is 24.3 Å². The van der Waals surface area contributed by atoms with Crippen molar-refractivity contribution < 1.29 is 23.5 Å². The van der Waals surface area contributed by atoms with E-state index in [0.717, 1.165) is 54.7 Å². The number of hydrogen-bond acceptors (Lipinski definition) is 3. The molecule has 3 fully saturated rings. The summed E-state index contributed by atoms with van der Waals surface area (Å²) < 4.78 is 19.2. The average molecular weight is 398 g/mol. The van der Waals surface area contributed by atoms with Gasteiger partial charge in [0.2, 0.25) is 0 Å². The number of ether oxygens (including phenoxy) is 1. The van der Waals surface area contributed by atoms with E-state index in [4.69, 9.17) is 4.74 Å². The van der Waals surface area contributed by atoms with Crippen molar-refractivity contribution in [3.63, 3.8) is 0 Å². The van der Waals surface area contributed by atoms with Gasteiger partial charge in [0, 0.05) is 37.2 Å². The number of rotatable bonds is 7. The summed E-state index contributed by atoms with van der Waals surface area (Å²) >= 11 is 0. The quantitative estimate of drug-likeness (QED) is 0.568. The first-order chi connectivity index (χ1) is 13.9. The Morgan fingerprint density at radius 3 is 2.41 bits per heavy atom. The summed E-state index contributed by atoms with van der Waals surface area (Å²) in [6.07, 6.45) is 3.25. The van der Waals surface area contributed by atoms with Gasteiger partial charge in [-0.1, -0.05) is 12.1 Å². The second kappa shape index (κ2) is 7.88. The highest BCUT2D eigenvalue weighted by molar-refractivity contribution is 5.95. The van der Waals surface area contributed by atoms with Crippen LogP contribution < -0.4 is 4.74 Å². The van der Waals surface area contributed by atoms with Crippen LogP contribution in [0, 0.1) is 11.7 Å². The standard InChI is InChI=1S/C24H29FNO3/c1-29-22-10-6-19(7-11-22)24(28)17-26(15-12-20(24)13-16-26)14-2-3-23(27)18-4-8-21(25)9-5-18/h4-11,20,28H,2-3,12-17H2,1H3/q+1. The molecular weight excluding hydrogens is 369 g/mol.